The zero-order chi connectivity index (χ0) is 17.1. The third kappa shape index (κ3) is 4.07. The second-order valence-electron chi connectivity index (χ2n) is 6.08. The highest BCUT2D eigenvalue weighted by molar-refractivity contribution is 8.03. The maximum atomic E-state index is 12.0. The second-order valence-corrected chi connectivity index (χ2v) is 9.73. The minimum atomic E-state index is 0.0811. The summed E-state index contributed by atoms with van der Waals surface area (Å²) in [4.78, 5) is 12.0. The van der Waals surface area contributed by atoms with Crippen molar-refractivity contribution < 1.29 is 4.79 Å². The van der Waals surface area contributed by atoms with E-state index in [1.54, 1.807) is 34.9 Å². The van der Waals surface area contributed by atoms with E-state index in [-0.39, 0.29) is 5.25 Å². The lowest BCUT2D eigenvalue weighted by Gasteiger charge is -2.17. The van der Waals surface area contributed by atoms with Gasteiger partial charge in [0, 0.05) is 12.2 Å². The zero-order valence-electron chi connectivity index (χ0n) is 13.7. The lowest BCUT2D eigenvalue weighted by atomic mass is 9.99. The minimum Gasteiger partial charge on any atom is -0.298 e. The lowest BCUT2D eigenvalue weighted by molar-refractivity contribution is -0.119. The molecule has 1 fully saturated rings. The summed E-state index contributed by atoms with van der Waals surface area (Å²) in [6.45, 7) is 0. The third-order valence-corrected chi connectivity index (χ3v) is 7.87. The summed E-state index contributed by atoms with van der Waals surface area (Å²) in [5, 5.41) is 11.2. The molecule has 2 aromatic carbocycles. The highest BCUT2D eigenvalue weighted by Crippen LogP contribution is 2.36. The molecule has 0 saturated heterocycles. The van der Waals surface area contributed by atoms with Crippen LogP contribution in [0.5, 0.6) is 0 Å². The highest BCUT2D eigenvalue weighted by atomic mass is 32.2. The SMILES string of the molecule is O=C1CCCC[C@H]1Sc1nnc(SCc2cccc3ccccc23)s1. The van der Waals surface area contributed by atoms with Gasteiger partial charge in [-0.3, -0.25) is 4.79 Å². The quantitative estimate of drug-likeness (QED) is 0.535. The number of hydrogen-bond acceptors (Lipinski definition) is 6. The Bertz CT molecular complexity index is 888. The van der Waals surface area contributed by atoms with Gasteiger partial charge < -0.3 is 0 Å². The number of Topliss-reactive ketones (excluding diaryl/α,β-unsaturated/α-hetero) is 1. The Kier molecular flexibility index (Phi) is 5.39. The predicted molar refractivity (Wildman–Crippen MR) is 107 cm³/mol. The van der Waals surface area contributed by atoms with Crippen LogP contribution < -0.4 is 0 Å². The molecule has 0 spiro atoms. The van der Waals surface area contributed by atoms with Crippen LogP contribution in [0.25, 0.3) is 10.8 Å². The molecular weight excluding hydrogens is 368 g/mol. The lowest BCUT2D eigenvalue weighted by Crippen LogP contribution is -2.21. The molecular formula is C19H18N2OS3. The molecule has 1 heterocycles. The van der Waals surface area contributed by atoms with Crippen molar-refractivity contribution in [3.05, 3.63) is 48.0 Å². The first kappa shape index (κ1) is 17.1. The van der Waals surface area contributed by atoms with Crippen LogP contribution in [0.1, 0.15) is 31.2 Å². The number of aromatic nitrogens is 2. The smallest absolute Gasteiger partial charge is 0.175 e. The molecule has 1 saturated carbocycles. The first-order chi connectivity index (χ1) is 12.3. The Labute approximate surface area is 159 Å². The number of benzene rings is 2. The van der Waals surface area contributed by atoms with Crippen LogP contribution in [0, 0.1) is 0 Å². The molecule has 1 aliphatic carbocycles. The van der Waals surface area contributed by atoms with E-state index >= 15 is 0 Å². The molecule has 0 unspecified atom stereocenters. The molecule has 4 rings (SSSR count). The van der Waals surface area contributed by atoms with E-state index in [0.717, 1.165) is 40.1 Å². The van der Waals surface area contributed by atoms with Crippen LogP contribution in [0.3, 0.4) is 0 Å². The first-order valence-corrected chi connectivity index (χ1v) is 11.1. The van der Waals surface area contributed by atoms with E-state index in [9.17, 15) is 4.79 Å². The van der Waals surface area contributed by atoms with E-state index in [4.69, 9.17) is 0 Å². The van der Waals surface area contributed by atoms with Gasteiger partial charge in [-0.05, 0) is 29.2 Å². The molecule has 0 N–H and O–H groups in total. The summed E-state index contributed by atoms with van der Waals surface area (Å²) in [6, 6.07) is 14.9. The first-order valence-electron chi connectivity index (χ1n) is 8.42. The van der Waals surface area contributed by atoms with Gasteiger partial charge in [-0.2, -0.15) is 0 Å². The van der Waals surface area contributed by atoms with E-state index in [2.05, 4.69) is 52.7 Å². The zero-order valence-corrected chi connectivity index (χ0v) is 16.1. The Morgan fingerprint density at radius 2 is 1.88 bits per heavy atom. The summed E-state index contributed by atoms with van der Waals surface area (Å²) in [5.41, 5.74) is 1.31. The molecule has 1 aliphatic rings. The Balaban J connectivity index is 1.42. The van der Waals surface area contributed by atoms with Gasteiger partial charge in [0.2, 0.25) is 0 Å². The monoisotopic (exact) mass is 386 g/mol. The van der Waals surface area contributed by atoms with Gasteiger partial charge in [0.25, 0.3) is 0 Å². The van der Waals surface area contributed by atoms with Gasteiger partial charge in [-0.1, -0.05) is 83.7 Å². The molecule has 0 bridgehead atoms. The van der Waals surface area contributed by atoms with Crippen molar-refractivity contribution >= 4 is 51.4 Å². The molecule has 0 amide bonds. The summed E-state index contributed by atoms with van der Waals surface area (Å²) in [5.74, 6) is 1.25. The van der Waals surface area contributed by atoms with Crippen molar-refractivity contribution in [2.24, 2.45) is 0 Å². The molecule has 1 aromatic heterocycles. The molecule has 0 aliphatic heterocycles. The maximum Gasteiger partial charge on any atom is 0.175 e. The number of nitrogens with zero attached hydrogens (tertiary/aromatic N) is 2. The van der Waals surface area contributed by atoms with Crippen molar-refractivity contribution in [1.82, 2.24) is 10.2 Å². The molecule has 6 heteroatoms. The topological polar surface area (TPSA) is 42.9 Å². The van der Waals surface area contributed by atoms with Crippen molar-refractivity contribution in [2.45, 2.75) is 45.4 Å². The molecule has 25 heavy (non-hydrogen) atoms. The van der Waals surface area contributed by atoms with Crippen LogP contribution in [0.4, 0.5) is 0 Å². The molecule has 3 nitrogen and oxygen atoms in total. The number of carbonyl (C=O) groups is 1. The minimum absolute atomic E-state index is 0.0811. The second kappa shape index (κ2) is 7.89. The van der Waals surface area contributed by atoms with E-state index < -0.39 is 0 Å². The number of rotatable bonds is 5. The van der Waals surface area contributed by atoms with Crippen molar-refractivity contribution in [3.8, 4) is 0 Å². The largest absolute Gasteiger partial charge is 0.298 e. The predicted octanol–water partition coefficient (Wildman–Crippen LogP) is 5.59. The van der Waals surface area contributed by atoms with E-state index in [0.29, 0.717) is 5.78 Å². The maximum absolute atomic E-state index is 12.0. The number of hydrogen-bond donors (Lipinski definition) is 0. The molecule has 128 valence electrons. The third-order valence-electron chi connectivity index (χ3n) is 4.36. The number of carbonyl (C=O) groups excluding carboxylic acids is 1. The molecule has 0 radical (unpaired) electrons. The van der Waals surface area contributed by atoms with Gasteiger partial charge >= 0.3 is 0 Å². The Morgan fingerprint density at radius 1 is 1.04 bits per heavy atom. The van der Waals surface area contributed by atoms with Crippen LogP contribution in [0.2, 0.25) is 0 Å². The summed E-state index contributed by atoms with van der Waals surface area (Å²) < 4.78 is 1.89. The Morgan fingerprint density at radius 3 is 2.80 bits per heavy atom. The molecule has 3 aromatic rings. The van der Waals surface area contributed by atoms with E-state index in [1.165, 1.54) is 16.3 Å². The van der Waals surface area contributed by atoms with Crippen molar-refractivity contribution in [2.75, 3.05) is 0 Å². The highest BCUT2D eigenvalue weighted by Gasteiger charge is 2.24. The fourth-order valence-corrected chi connectivity index (χ4v) is 6.45. The van der Waals surface area contributed by atoms with Gasteiger partial charge in [0.05, 0.1) is 5.25 Å². The normalized spacial score (nSPS) is 17.9. The van der Waals surface area contributed by atoms with Crippen molar-refractivity contribution in [3.63, 3.8) is 0 Å². The van der Waals surface area contributed by atoms with Gasteiger partial charge in [0.15, 0.2) is 8.68 Å². The van der Waals surface area contributed by atoms with Crippen LogP contribution in [-0.4, -0.2) is 21.2 Å². The van der Waals surface area contributed by atoms with E-state index in [1.807, 2.05) is 0 Å². The standard InChI is InChI=1S/C19H18N2OS3/c22-16-10-3-4-11-17(16)24-19-21-20-18(25-19)23-12-14-8-5-7-13-6-1-2-9-15(13)14/h1-2,5-9,17H,3-4,10-12H2/t17-/m1/s1. The summed E-state index contributed by atoms with van der Waals surface area (Å²) in [7, 11) is 0. The number of thioether (sulfide) groups is 2. The van der Waals surface area contributed by atoms with Crippen LogP contribution in [0.15, 0.2) is 51.1 Å². The Hall–Kier alpha value is -1.37. The van der Waals surface area contributed by atoms with Crippen LogP contribution in [-0.2, 0) is 10.5 Å². The number of fused-ring (bicyclic) bond motifs is 1. The van der Waals surface area contributed by atoms with Crippen LogP contribution >= 0.6 is 34.9 Å². The average Bonchev–Trinajstić information content (AvgIpc) is 3.09. The van der Waals surface area contributed by atoms with Gasteiger partial charge in [-0.25, -0.2) is 0 Å². The summed E-state index contributed by atoms with van der Waals surface area (Å²) in [6.07, 6.45) is 3.88. The summed E-state index contributed by atoms with van der Waals surface area (Å²) >= 11 is 4.92. The fraction of sp³-hybridized carbons (Fsp3) is 0.316. The average molecular weight is 387 g/mol. The van der Waals surface area contributed by atoms with Crippen molar-refractivity contribution in [1.29, 1.82) is 0 Å². The van der Waals surface area contributed by atoms with Gasteiger partial charge in [-0.15, -0.1) is 10.2 Å². The fourth-order valence-electron chi connectivity index (χ4n) is 3.06. The molecule has 1 atom stereocenters. The number of ketones is 1. The van der Waals surface area contributed by atoms with Gasteiger partial charge in [0.1, 0.15) is 5.78 Å².